The summed E-state index contributed by atoms with van der Waals surface area (Å²) in [4.78, 5) is 14.5. The van der Waals surface area contributed by atoms with Gasteiger partial charge in [-0.25, -0.2) is 12.8 Å². The van der Waals surface area contributed by atoms with Gasteiger partial charge in [0, 0.05) is 43.1 Å². The largest absolute Gasteiger partial charge is 0.416 e. The summed E-state index contributed by atoms with van der Waals surface area (Å²) in [5, 5.41) is 6.12. The Labute approximate surface area is 235 Å². The van der Waals surface area contributed by atoms with E-state index in [1.54, 1.807) is 18.2 Å². The van der Waals surface area contributed by atoms with Crippen molar-refractivity contribution in [1.82, 2.24) is 15.2 Å². The van der Waals surface area contributed by atoms with Crippen molar-refractivity contribution in [2.45, 2.75) is 22.7 Å². The average molecular weight is 630 g/mol. The van der Waals surface area contributed by atoms with Crippen molar-refractivity contribution >= 4 is 54.2 Å². The van der Waals surface area contributed by atoms with Gasteiger partial charge >= 0.3 is 0 Å². The minimum Gasteiger partial charge on any atom is -0.416 e. The minimum absolute atomic E-state index is 0.0936. The Morgan fingerprint density at radius 3 is 2.59 bits per heavy atom. The lowest BCUT2D eigenvalue weighted by atomic mass is 9.98. The number of fused-ring (bicyclic) bond motifs is 3. The first-order valence-electron chi connectivity index (χ1n) is 11.8. The molecule has 2 heterocycles. The summed E-state index contributed by atoms with van der Waals surface area (Å²) in [6.07, 6.45) is 0.195. The second kappa shape index (κ2) is 9.29. The number of nitrogens with one attached hydrogen (secondary N) is 1. The smallest absolute Gasteiger partial charge is 0.294 e. The van der Waals surface area contributed by atoms with E-state index in [0.29, 0.717) is 15.1 Å². The van der Waals surface area contributed by atoms with E-state index in [-0.39, 0.29) is 29.2 Å². The van der Waals surface area contributed by atoms with Crippen LogP contribution in [-0.4, -0.2) is 29.5 Å². The highest BCUT2D eigenvalue weighted by molar-refractivity contribution is 9.10. The Balaban J connectivity index is 1.47. The van der Waals surface area contributed by atoms with Crippen molar-refractivity contribution in [3.8, 4) is 11.5 Å². The van der Waals surface area contributed by atoms with Crippen LogP contribution in [0.2, 0.25) is 5.02 Å². The van der Waals surface area contributed by atoms with Crippen molar-refractivity contribution in [3.05, 3.63) is 98.9 Å². The van der Waals surface area contributed by atoms with Gasteiger partial charge in [-0.15, -0.1) is 10.2 Å². The summed E-state index contributed by atoms with van der Waals surface area (Å²) in [7, 11) is -4.70. The summed E-state index contributed by atoms with van der Waals surface area (Å²) in [5.74, 6) is -2.46. The molecule has 2 aromatic heterocycles. The maximum Gasteiger partial charge on any atom is 0.294 e. The molecule has 1 aliphatic rings. The van der Waals surface area contributed by atoms with Crippen molar-refractivity contribution in [3.63, 3.8) is 0 Å². The van der Waals surface area contributed by atoms with Crippen molar-refractivity contribution in [2.75, 3.05) is 0 Å². The molecule has 198 valence electrons. The van der Waals surface area contributed by atoms with Crippen LogP contribution in [-0.2, 0) is 27.7 Å². The van der Waals surface area contributed by atoms with E-state index in [1.807, 2.05) is 6.07 Å². The summed E-state index contributed by atoms with van der Waals surface area (Å²) in [6.45, 7) is 0. The van der Waals surface area contributed by atoms with Gasteiger partial charge in [-0.05, 0) is 79.1 Å². The van der Waals surface area contributed by atoms with Gasteiger partial charge in [0.05, 0.1) is 4.90 Å². The normalized spacial score (nSPS) is 16.7. The van der Waals surface area contributed by atoms with Crippen LogP contribution in [0.25, 0.3) is 22.4 Å². The summed E-state index contributed by atoms with van der Waals surface area (Å²) >= 11 is 9.48. The maximum atomic E-state index is 17.5. The molecule has 39 heavy (non-hydrogen) atoms. The first kappa shape index (κ1) is 25.7. The first-order valence-corrected chi connectivity index (χ1v) is 14.5. The molecule has 12 heteroatoms. The van der Waals surface area contributed by atoms with Crippen LogP contribution in [0.3, 0.4) is 0 Å². The SMILES string of the molecule is NC(=O)c1ccc(-c2nnc(C(F)(C3Cc4[nH]c5ccc(Cl)cc5c4C3)S(=O)(=O)c3cccc(Br)c3)o2)cc1. The lowest BCUT2D eigenvalue weighted by Gasteiger charge is -2.28. The number of halogens is 3. The van der Waals surface area contributed by atoms with Crippen LogP contribution < -0.4 is 5.73 Å². The highest BCUT2D eigenvalue weighted by Crippen LogP contribution is 2.50. The van der Waals surface area contributed by atoms with Gasteiger partial charge in [0.2, 0.25) is 21.6 Å². The van der Waals surface area contributed by atoms with Crippen LogP contribution in [0.4, 0.5) is 4.39 Å². The Bertz CT molecular complexity index is 1870. The zero-order valence-electron chi connectivity index (χ0n) is 20.0. The van der Waals surface area contributed by atoms with Crippen LogP contribution in [0.15, 0.2) is 80.5 Å². The monoisotopic (exact) mass is 628 g/mol. The molecule has 8 nitrogen and oxygen atoms in total. The number of rotatable bonds is 6. The molecule has 0 aliphatic heterocycles. The van der Waals surface area contributed by atoms with E-state index in [1.165, 1.54) is 42.5 Å². The molecule has 0 radical (unpaired) electrons. The number of H-pyrrole nitrogens is 1. The molecule has 1 aliphatic carbocycles. The zero-order valence-corrected chi connectivity index (χ0v) is 23.1. The van der Waals surface area contributed by atoms with Gasteiger partial charge in [-0.2, -0.15) is 0 Å². The second-order valence-corrected chi connectivity index (χ2v) is 12.8. The number of carbonyl (C=O) groups is 1. The third kappa shape index (κ3) is 4.16. The van der Waals surface area contributed by atoms with Gasteiger partial charge in [0.1, 0.15) is 0 Å². The minimum atomic E-state index is -4.70. The number of alkyl halides is 1. The number of sulfone groups is 1. The Morgan fingerprint density at radius 1 is 1.10 bits per heavy atom. The highest BCUT2D eigenvalue weighted by Gasteiger charge is 2.59. The Hall–Kier alpha value is -3.54. The molecule has 3 aromatic carbocycles. The molecule has 0 bridgehead atoms. The molecule has 0 spiro atoms. The molecular formula is C27H19BrClFN4O4S. The molecule has 1 amide bonds. The molecule has 0 saturated carbocycles. The first-order chi connectivity index (χ1) is 18.6. The van der Waals surface area contributed by atoms with Gasteiger partial charge in [0.15, 0.2) is 0 Å². The van der Waals surface area contributed by atoms with E-state index in [4.69, 9.17) is 21.8 Å². The fourth-order valence-electron chi connectivity index (χ4n) is 5.08. The molecule has 0 saturated heterocycles. The fraction of sp³-hybridized carbons (Fsp3) is 0.148. The second-order valence-electron chi connectivity index (χ2n) is 9.34. The number of aromatic nitrogens is 3. The van der Waals surface area contributed by atoms with Crippen molar-refractivity contribution < 1.29 is 22.0 Å². The molecular weight excluding hydrogens is 611 g/mol. The maximum absolute atomic E-state index is 17.5. The Morgan fingerprint density at radius 2 is 1.87 bits per heavy atom. The van der Waals surface area contributed by atoms with Crippen molar-refractivity contribution in [2.24, 2.45) is 11.7 Å². The van der Waals surface area contributed by atoms with Crippen LogP contribution in [0, 0.1) is 5.92 Å². The molecule has 0 fully saturated rings. The van der Waals surface area contributed by atoms with Crippen molar-refractivity contribution in [1.29, 1.82) is 0 Å². The number of hydrogen-bond acceptors (Lipinski definition) is 6. The van der Waals surface area contributed by atoms with E-state index in [0.717, 1.165) is 22.2 Å². The van der Waals surface area contributed by atoms with Crippen LogP contribution in [0.1, 0.15) is 27.5 Å². The standard InChI is InChI=1S/C27H19BrClFN4O4S/c28-17-2-1-3-19(12-17)39(36,37)27(30,16-10-20-21-13-18(29)8-9-22(21)32-23(20)11-16)26-34-33-25(38-26)15-6-4-14(5-7-15)24(31)35/h1-9,12-13,16,32H,10-11H2,(H2,31,35). The van der Waals surface area contributed by atoms with Gasteiger partial charge in [0.25, 0.3) is 10.9 Å². The summed E-state index contributed by atoms with van der Waals surface area (Å²) in [5.41, 5.74) is 8.29. The lowest BCUT2D eigenvalue weighted by Crippen LogP contribution is -2.40. The number of nitrogens with zero attached hydrogens (tertiary/aromatic N) is 2. The predicted octanol–water partition coefficient (Wildman–Crippen LogP) is 5.74. The third-order valence-corrected chi connectivity index (χ3v) is 9.91. The lowest BCUT2D eigenvalue weighted by molar-refractivity contribution is 0.1000. The van der Waals surface area contributed by atoms with Gasteiger partial charge in [-0.1, -0.05) is 33.6 Å². The number of amides is 1. The van der Waals surface area contributed by atoms with Gasteiger partial charge in [-0.3, -0.25) is 4.79 Å². The molecule has 5 aromatic rings. The average Bonchev–Trinajstić information content (AvgIpc) is 3.64. The predicted molar refractivity (Wildman–Crippen MR) is 147 cm³/mol. The number of nitrogens with two attached hydrogens (primary N) is 1. The summed E-state index contributed by atoms with van der Waals surface area (Å²) < 4.78 is 51.8. The van der Waals surface area contributed by atoms with Gasteiger partial charge < -0.3 is 15.1 Å². The fourth-order valence-corrected chi connectivity index (χ4v) is 7.60. The molecule has 2 unspecified atom stereocenters. The van der Waals surface area contributed by atoms with E-state index >= 15 is 4.39 Å². The number of aromatic amines is 1. The number of primary amides is 1. The zero-order chi connectivity index (χ0) is 27.5. The number of hydrogen-bond donors (Lipinski definition) is 2. The Kier molecular flexibility index (Phi) is 6.12. The topological polar surface area (TPSA) is 132 Å². The molecule has 6 rings (SSSR count). The van der Waals surface area contributed by atoms with E-state index in [9.17, 15) is 13.2 Å². The summed E-state index contributed by atoms with van der Waals surface area (Å²) in [6, 6.07) is 17.1. The number of carbonyl (C=O) groups excluding carboxylic acids is 1. The molecule has 2 atom stereocenters. The third-order valence-electron chi connectivity index (χ3n) is 7.01. The van der Waals surface area contributed by atoms with Crippen LogP contribution >= 0.6 is 27.5 Å². The highest BCUT2D eigenvalue weighted by atomic mass is 79.9. The quantitative estimate of drug-likeness (QED) is 0.246. The molecule has 3 N–H and O–H groups in total. The number of benzene rings is 3. The van der Waals surface area contributed by atoms with E-state index in [2.05, 4.69) is 31.1 Å². The van der Waals surface area contributed by atoms with E-state index < -0.39 is 32.6 Å². The van der Waals surface area contributed by atoms with Crippen LogP contribution in [0.5, 0.6) is 0 Å².